The minimum Gasteiger partial charge on any atom is -0.326 e. The van der Waals surface area contributed by atoms with Gasteiger partial charge in [-0.3, -0.25) is 0 Å². The van der Waals surface area contributed by atoms with Gasteiger partial charge >= 0.3 is 0 Å². The van der Waals surface area contributed by atoms with Crippen LogP contribution < -0.4 is 5.32 Å². The summed E-state index contributed by atoms with van der Waals surface area (Å²) in [5.74, 6) is 1.17. The van der Waals surface area contributed by atoms with Gasteiger partial charge in [0.15, 0.2) is 0 Å². The first kappa shape index (κ1) is 10.8. The molecule has 0 unspecified atom stereocenters. The fourth-order valence-corrected chi connectivity index (χ4v) is 2.58. The fraction of sp³-hybridized carbons (Fsp3) is 0.500. The van der Waals surface area contributed by atoms with Crippen molar-refractivity contribution < 1.29 is 0 Å². The number of nitrogens with one attached hydrogen (secondary N) is 1. The lowest BCUT2D eigenvalue weighted by molar-refractivity contribution is 0.514. The zero-order valence-electron chi connectivity index (χ0n) is 10.7. The molecule has 3 nitrogen and oxygen atoms in total. The molecular weight excluding hydrogens is 210 g/mol. The summed E-state index contributed by atoms with van der Waals surface area (Å²) in [4.78, 5) is 4.82. The highest BCUT2D eigenvalue weighted by atomic mass is 15.2. The Balaban J connectivity index is 2.30. The maximum absolute atomic E-state index is 4.82. The van der Waals surface area contributed by atoms with E-state index in [9.17, 15) is 0 Å². The summed E-state index contributed by atoms with van der Waals surface area (Å²) in [5.41, 5.74) is 3.96. The van der Waals surface area contributed by atoms with E-state index in [0.29, 0.717) is 0 Å². The van der Waals surface area contributed by atoms with Crippen LogP contribution in [0, 0.1) is 0 Å². The zero-order valence-corrected chi connectivity index (χ0v) is 10.7. The lowest BCUT2D eigenvalue weighted by Gasteiger charge is -2.19. The summed E-state index contributed by atoms with van der Waals surface area (Å²) < 4.78 is 2.35. The van der Waals surface area contributed by atoms with Gasteiger partial charge in [-0.05, 0) is 17.0 Å². The molecule has 0 aliphatic carbocycles. The van der Waals surface area contributed by atoms with Gasteiger partial charge in [0, 0.05) is 13.1 Å². The monoisotopic (exact) mass is 229 g/mol. The molecule has 0 spiro atoms. The molecule has 1 aromatic heterocycles. The number of benzene rings is 1. The lowest BCUT2D eigenvalue weighted by Crippen LogP contribution is -2.28. The van der Waals surface area contributed by atoms with Crippen molar-refractivity contribution in [2.75, 3.05) is 6.54 Å². The fourth-order valence-electron chi connectivity index (χ4n) is 2.58. The van der Waals surface area contributed by atoms with Crippen LogP contribution in [0.3, 0.4) is 0 Å². The number of fused-ring (bicyclic) bond motifs is 3. The summed E-state index contributed by atoms with van der Waals surface area (Å²) in [7, 11) is 0. The topological polar surface area (TPSA) is 29.9 Å². The molecule has 0 atom stereocenters. The van der Waals surface area contributed by atoms with Crippen molar-refractivity contribution in [2.24, 2.45) is 0 Å². The Morgan fingerprint density at radius 2 is 2.12 bits per heavy atom. The van der Waals surface area contributed by atoms with Gasteiger partial charge in [-0.15, -0.1) is 0 Å². The molecule has 0 bridgehead atoms. The number of para-hydroxylation sites is 1. The molecule has 0 fully saturated rings. The molecular formula is C14H19N3. The van der Waals surface area contributed by atoms with Crippen LogP contribution in [-0.4, -0.2) is 16.1 Å². The summed E-state index contributed by atoms with van der Waals surface area (Å²) in [5, 5.41) is 3.38. The quantitative estimate of drug-likeness (QED) is 0.752. The third-order valence-corrected chi connectivity index (χ3v) is 3.46. The predicted molar refractivity (Wildman–Crippen MR) is 70.1 cm³/mol. The van der Waals surface area contributed by atoms with E-state index in [-0.39, 0.29) is 5.41 Å². The third-order valence-electron chi connectivity index (χ3n) is 3.46. The smallest absolute Gasteiger partial charge is 0.123 e. The molecule has 0 amide bonds. The Morgan fingerprint density at radius 1 is 1.29 bits per heavy atom. The van der Waals surface area contributed by atoms with E-state index in [4.69, 9.17) is 4.98 Å². The Morgan fingerprint density at radius 3 is 2.88 bits per heavy atom. The number of nitrogens with zero attached hydrogens (tertiary/aromatic N) is 2. The van der Waals surface area contributed by atoms with Crippen molar-refractivity contribution in [1.29, 1.82) is 0 Å². The van der Waals surface area contributed by atoms with Crippen LogP contribution in [0.15, 0.2) is 18.2 Å². The Labute approximate surface area is 102 Å². The molecule has 17 heavy (non-hydrogen) atoms. The highest BCUT2D eigenvalue weighted by molar-refractivity contribution is 5.81. The SMILES string of the molecule is CC(C)(C)c1cccc2c1nc1n2CCNC1. The van der Waals surface area contributed by atoms with Gasteiger partial charge in [0.2, 0.25) is 0 Å². The van der Waals surface area contributed by atoms with Crippen LogP contribution in [0.5, 0.6) is 0 Å². The average molecular weight is 229 g/mol. The van der Waals surface area contributed by atoms with Crippen molar-refractivity contribution in [3.63, 3.8) is 0 Å². The van der Waals surface area contributed by atoms with Crippen LogP contribution in [0.25, 0.3) is 11.0 Å². The first-order chi connectivity index (χ1) is 8.07. The minimum absolute atomic E-state index is 0.150. The molecule has 1 aromatic carbocycles. The van der Waals surface area contributed by atoms with Gasteiger partial charge < -0.3 is 9.88 Å². The van der Waals surface area contributed by atoms with Gasteiger partial charge in [-0.2, -0.15) is 0 Å². The summed E-state index contributed by atoms with van der Waals surface area (Å²) in [6, 6.07) is 6.54. The van der Waals surface area contributed by atoms with E-state index in [1.807, 2.05) is 0 Å². The van der Waals surface area contributed by atoms with Crippen molar-refractivity contribution in [1.82, 2.24) is 14.9 Å². The summed E-state index contributed by atoms with van der Waals surface area (Å²) >= 11 is 0. The van der Waals surface area contributed by atoms with Crippen molar-refractivity contribution in [3.05, 3.63) is 29.6 Å². The van der Waals surface area contributed by atoms with Crippen LogP contribution in [-0.2, 0) is 18.5 Å². The number of hydrogen-bond donors (Lipinski definition) is 1. The predicted octanol–water partition coefficient (Wildman–Crippen LogP) is 2.44. The van der Waals surface area contributed by atoms with Crippen molar-refractivity contribution >= 4 is 11.0 Å². The molecule has 3 rings (SSSR count). The molecule has 0 radical (unpaired) electrons. The first-order valence-corrected chi connectivity index (χ1v) is 6.27. The maximum atomic E-state index is 4.82. The Kier molecular flexibility index (Phi) is 2.26. The first-order valence-electron chi connectivity index (χ1n) is 6.27. The van der Waals surface area contributed by atoms with Crippen LogP contribution in [0.4, 0.5) is 0 Å². The molecule has 2 aromatic rings. The molecule has 1 aliphatic heterocycles. The number of aromatic nitrogens is 2. The summed E-state index contributed by atoms with van der Waals surface area (Å²) in [6.07, 6.45) is 0. The Hall–Kier alpha value is -1.35. The van der Waals surface area contributed by atoms with E-state index in [0.717, 1.165) is 19.6 Å². The third kappa shape index (κ3) is 1.65. The second-order valence-electron chi connectivity index (χ2n) is 5.78. The molecule has 3 heteroatoms. The van der Waals surface area contributed by atoms with Crippen molar-refractivity contribution in [3.8, 4) is 0 Å². The normalized spacial score (nSPS) is 16.2. The zero-order chi connectivity index (χ0) is 12.0. The molecule has 0 saturated heterocycles. The average Bonchev–Trinajstić information content (AvgIpc) is 2.65. The van der Waals surface area contributed by atoms with Crippen molar-refractivity contribution in [2.45, 2.75) is 39.3 Å². The molecule has 1 N–H and O–H groups in total. The second kappa shape index (κ2) is 3.57. The van der Waals surface area contributed by atoms with E-state index in [1.54, 1.807) is 0 Å². The summed E-state index contributed by atoms with van der Waals surface area (Å²) in [6.45, 7) is 9.70. The lowest BCUT2D eigenvalue weighted by atomic mass is 9.86. The van der Waals surface area contributed by atoms with E-state index >= 15 is 0 Å². The van der Waals surface area contributed by atoms with Crippen LogP contribution in [0.2, 0.25) is 0 Å². The van der Waals surface area contributed by atoms with E-state index in [1.165, 1.54) is 22.4 Å². The standard InChI is InChI=1S/C14H19N3/c1-14(2,3)10-5-4-6-11-13(10)16-12-9-15-7-8-17(11)12/h4-6,15H,7-9H2,1-3H3. The van der Waals surface area contributed by atoms with Crippen LogP contribution >= 0.6 is 0 Å². The molecule has 90 valence electrons. The van der Waals surface area contributed by atoms with Gasteiger partial charge in [0.1, 0.15) is 5.82 Å². The number of imidazole rings is 1. The highest BCUT2D eigenvalue weighted by Crippen LogP contribution is 2.30. The maximum Gasteiger partial charge on any atom is 0.123 e. The second-order valence-corrected chi connectivity index (χ2v) is 5.78. The van der Waals surface area contributed by atoms with Gasteiger partial charge in [0.05, 0.1) is 17.6 Å². The number of rotatable bonds is 0. The molecule has 1 aliphatic rings. The van der Waals surface area contributed by atoms with Gasteiger partial charge in [0.25, 0.3) is 0 Å². The van der Waals surface area contributed by atoms with Gasteiger partial charge in [-0.1, -0.05) is 32.9 Å². The van der Waals surface area contributed by atoms with E-state index in [2.05, 4.69) is 48.9 Å². The van der Waals surface area contributed by atoms with E-state index < -0.39 is 0 Å². The Bertz CT molecular complexity index is 561. The largest absolute Gasteiger partial charge is 0.326 e. The molecule has 2 heterocycles. The van der Waals surface area contributed by atoms with Gasteiger partial charge in [-0.25, -0.2) is 4.98 Å². The highest BCUT2D eigenvalue weighted by Gasteiger charge is 2.21. The van der Waals surface area contributed by atoms with Crippen LogP contribution in [0.1, 0.15) is 32.2 Å². The number of hydrogen-bond acceptors (Lipinski definition) is 2. The molecule has 0 saturated carbocycles. The minimum atomic E-state index is 0.150.